The first-order valence-corrected chi connectivity index (χ1v) is 10.4. The average Bonchev–Trinajstić information content (AvgIpc) is 3.25. The second-order valence-electron chi connectivity index (χ2n) is 7.31. The summed E-state index contributed by atoms with van der Waals surface area (Å²) in [6.07, 6.45) is 1.75. The van der Waals surface area contributed by atoms with Gasteiger partial charge in [-0.05, 0) is 31.0 Å². The van der Waals surface area contributed by atoms with Crippen LogP contribution < -0.4 is 5.32 Å². The smallest absolute Gasteiger partial charge is 0.261 e. The lowest BCUT2D eigenvalue weighted by Crippen LogP contribution is -2.42. The fourth-order valence-corrected chi connectivity index (χ4v) is 4.13. The number of carbonyl (C=O) groups excluding carboxylic acids is 1. The number of carbonyl (C=O) groups is 1. The summed E-state index contributed by atoms with van der Waals surface area (Å²) in [5.74, 6) is 0.410. The van der Waals surface area contributed by atoms with Crippen molar-refractivity contribution in [3.05, 3.63) is 56.7 Å². The molecule has 1 saturated heterocycles. The van der Waals surface area contributed by atoms with Crippen molar-refractivity contribution in [2.24, 2.45) is 5.16 Å². The summed E-state index contributed by atoms with van der Waals surface area (Å²) in [5.41, 5.74) is 2.14. The van der Waals surface area contributed by atoms with Crippen molar-refractivity contribution < 1.29 is 9.63 Å². The maximum Gasteiger partial charge on any atom is 0.261 e. The van der Waals surface area contributed by atoms with Gasteiger partial charge in [-0.1, -0.05) is 41.0 Å². The summed E-state index contributed by atoms with van der Waals surface area (Å²) in [7, 11) is 0. The molecule has 1 atom stereocenters. The van der Waals surface area contributed by atoms with E-state index in [2.05, 4.69) is 15.4 Å². The van der Waals surface area contributed by atoms with Gasteiger partial charge in [0.2, 0.25) is 0 Å². The summed E-state index contributed by atoms with van der Waals surface area (Å²) in [6.45, 7) is 4.21. The molecule has 4 rings (SSSR count). The van der Waals surface area contributed by atoms with Gasteiger partial charge in [-0.3, -0.25) is 10.2 Å². The van der Waals surface area contributed by atoms with E-state index in [1.807, 2.05) is 31.2 Å². The van der Waals surface area contributed by atoms with E-state index in [0.29, 0.717) is 28.0 Å². The zero-order valence-electron chi connectivity index (χ0n) is 15.5. The zero-order chi connectivity index (χ0) is 19.7. The molecule has 0 bridgehead atoms. The van der Waals surface area contributed by atoms with Crippen LogP contribution >= 0.6 is 22.9 Å². The molecule has 28 heavy (non-hydrogen) atoms. The van der Waals surface area contributed by atoms with Crippen LogP contribution in [0.25, 0.3) is 0 Å². The highest BCUT2D eigenvalue weighted by Gasteiger charge is 2.35. The van der Waals surface area contributed by atoms with Crippen molar-refractivity contribution in [3.63, 3.8) is 0 Å². The molecule has 6 nitrogen and oxygen atoms in total. The van der Waals surface area contributed by atoms with E-state index >= 15 is 0 Å². The maximum atomic E-state index is 12.2. The third-order valence-corrected chi connectivity index (χ3v) is 6.23. The minimum Gasteiger partial charge on any atom is -0.387 e. The van der Waals surface area contributed by atoms with E-state index in [1.165, 1.54) is 11.3 Å². The summed E-state index contributed by atoms with van der Waals surface area (Å²) >= 11 is 7.13. The number of rotatable bonds is 5. The molecule has 2 aromatic rings. The van der Waals surface area contributed by atoms with Gasteiger partial charge in [0.1, 0.15) is 5.84 Å². The van der Waals surface area contributed by atoms with Crippen LogP contribution in [0, 0.1) is 5.41 Å². The van der Waals surface area contributed by atoms with Crippen molar-refractivity contribution in [3.8, 4) is 0 Å². The van der Waals surface area contributed by atoms with Gasteiger partial charge in [-0.15, -0.1) is 11.3 Å². The number of oxime groups is 1. The first-order valence-electron chi connectivity index (χ1n) is 9.16. The van der Waals surface area contributed by atoms with Crippen molar-refractivity contribution in [1.82, 2.24) is 10.2 Å². The van der Waals surface area contributed by atoms with Gasteiger partial charge in [0, 0.05) is 25.1 Å². The van der Waals surface area contributed by atoms with E-state index in [-0.39, 0.29) is 5.91 Å². The highest BCUT2D eigenvalue weighted by atomic mass is 35.5. The molecule has 0 radical (unpaired) electrons. The molecule has 1 fully saturated rings. The van der Waals surface area contributed by atoms with Gasteiger partial charge in [0.25, 0.3) is 5.91 Å². The highest BCUT2D eigenvalue weighted by Crippen LogP contribution is 2.27. The Morgan fingerprint density at radius 2 is 2.07 bits per heavy atom. The molecule has 2 N–H and O–H groups in total. The molecular weight excluding hydrogens is 396 g/mol. The molecule has 0 saturated carbocycles. The lowest BCUT2D eigenvalue weighted by molar-refractivity contribution is -0.00178. The number of hydrogen-bond donors (Lipinski definition) is 2. The Kier molecular flexibility index (Phi) is 5.12. The number of amides is 1. The van der Waals surface area contributed by atoms with Gasteiger partial charge in [0.15, 0.2) is 5.60 Å². The third-order valence-electron chi connectivity index (χ3n) is 5.00. The van der Waals surface area contributed by atoms with Crippen molar-refractivity contribution in [2.75, 3.05) is 19.6 Å². The molecule has 2 aliphatic heterocycles. The molecule has 3 heterocycles. The maximum absolute atomic E-state index is 12.2. The third kappa shape index (κ3) is 3.91. The predicted molar refractivity (Wildman–Crippen MR) is 112 cm³/mol. The largest absolute Gasteiger partial charge is 0.387 e. The molecular formula is C20H21ClN4O2S. The Morgan fingerprint density at radius 3 is 2.68 bits per heavy atom. The van der Waals surface area contributed by atoms with Crippen LogP contribution in [0.15, 0.2) is 41.6 Å². The molecule has 1 aromatic heterocycles. The number of halogens is 1. The predicted octanol–water partition coefficient (Wildman–Crippen LogP) is 3.75. The zero-order valence-corrected chi connectivity index (χ0v) is 17.1. The van der Waals surface area contributed by atoms with Crippen LogP contribution in [0.5, 0.6) is 0 Å². The molecule has 1 aromatic carbocycles. The molecule has 146 valence electrons. The normalized spacial score (nSPS) is 20.9. The Morgan fingerprint density at radius 1 is 1.32 bits per heavy atom. The topological polar surface area (TPSA) is 77.8 Å². The van der Waals surface area contributed by atoms with Crippen molar-refractivity contribution in [2.45, 2.75) is 25.4 Å². The van der Waals surface area contributed by atoms with E-state index in [1.54, 1.807) is 12.1 Å². The van der Waals surface area contributed by atoms with Crippen LogP contribution in [0.1, 0.15) is 40.6 Å². The highest BCUT2D eigenvalue weighted by molar-refractivity contribution is 7.18. The second kappa shape index (κ2) is 7.56. The van der Waals surface area contributed by atoms with Gasteiger partial charge in [0.05, 0.1) is 21.5 Å². The number of nitrogens with zero attached hydrogens (tertiary/aromatic N) is 2. The van der Waals surface area contributed by atoms with Crippen LogP contribution in [-0.2, 0) is 4.84 Å². The van der Waals surface area contributed by atoms with E-state index in [4.69, 9.17) is 21.8 Å². The molecule has 0 aliphatic carbocycles. The van der Waals surface area contributed by atoms with Gasteiger partial charge < -0.3 is 15.1 Å². The molecule has 8 heteroatoms. The summed E-state index contributed by atoms with van der Waals surface area (Å²) in [5, 5.41) is 15.4. The van der Waals surface area contributed by atoms with Crippen LogP contribution in [0.3, 0.4) is 0 Å². The molecule has 0 spiro atoms. The van der Waals surface area contributed by atoms with Crippen molar-refractivity contribution in [1.29, 1.82) is 5.41 Å². The van der Waals surface area contributed by atoms with E-state index in [0.717, 1.165) is 36.3 Å². The Hall–Kier alpha value is -2.38. The Bertz CT molecular complexity index is 936. The van der Waals surface area contributed by atoms with Crippen LogP contribution in [0.4, 0.5) is 0 Å². The fourth-order valence-electron chi connectivity index (χ4n) is 3.17. The molecule has 2 aliphatic rings. The monoisotopic (exact) mass is 416 g/mol. The van der Waals surface area contributed by atoms with Crippen LogP contribution in [0.2, 0.25) is 4.34 Å². The van der Waals surface area contributed by atoms with E-state index < -0.39 is 5.60 Å². The standard InChI is InChI=1S/C20H21ClN4O2S/c1-20(12-23-19(26)16-7-8-17(21)28-16)11-15(24-27-20)13-3-5-14(6-4-13)18(22)25-9-2-10-25/h3-8,22H,2,9-12H2,1H3,(H,23,26). The SMILES string of the molecule is CC1(CNC(=O)c2ccc(Cl)s2)CC(c2ccc(C(=N)N3CCC3)cc2)=NO1. The number of likely N-dealkylation sites (tertiary alicyclic amines) is 1. The number of nitrogens with one attached hydrogen (secondary N) is 2. The number of amidine groups is 1. The first-order chi connectivity index (χ1) is 13.4. The first kappa shape index (κ1) is 19.0. The van der Waals surface area contributed by atoms with Gasteiger partial charge >= 0.3 is 0 Å². The van der Waals surface area contributed by atoms with Gasteiger partial charge in [-0.25, -0.2) is 0 Å². The number of hydrogen-bond acceptors (Lipinski definition) is 5. The Balaban J connectivity index is 1.34. The summed E-state index contributed by atoms with van der Waals surface area (Å²) in [6, 6.07) is 11.3. The van der Waals surface area contributed by atoms with E-state index in [9.17, 15) is 4.79 Å². The molecule has 1 unspecified atom stereocenters. The van der Waals surface area contributed by atoms with Gasteiger partial charge in [-0.2, -0.15) is 0 Å². The fraction of sp³-hybridized carbons (Fsp3) is 0.350. The average molecular weight is 417 g/mol. The minimum atomic E-state index is -0.588. The lowest BCUT2D eigenvalue weighted by Gasteiger charge is -2.33. The summed E-state index contributed by atoms with van der Waals surface area (Å²) < 4.78 is 0.588. The number of thiophene rings is 1. The quantitative estimate of drug-likeness (QED) is 0.575. The molecule has 1 amide bonds. The Labute approximate surface area is 172 Å². The van der Waals surface area contributed by atoms with Crippen molar-refractivity contribution >= 4 is 40.4 Å². The van der Waals surface area contributed by atoms with Crippen LogP contribution in [-0.4, -0.2) is 47.6 Å². The number of benzene rings is 1. The minimum absolute atomic E-state index is 0.163. The lowest BCUT2D eigenvalue weighted by atomic mass is 9.95. The summed E-state index contributed by atoms with van der Waals surface area (Å²) in [4.78, 5) is 20.5. The second-order valence-corrected chi connectivity index (χ2v) is 9.02.